The molecule has 1 aromatic rings. The molecule has 12 heavy (non-hydrogen) atoms. The lowest BCUT2D eigenvalue weighted by Gasteiger charge is -1.76. The van der Waals surface area contributed by atoms with Gasteiger partial charge in [-0.2, -0.15) is 0 Å². The van der Waals surface area contributed by atoms with Crippen LogP contribution < -0.4 is 11.5 Å². The maximum Gasteiger partial charge on any atom is 0.0267 e. The quantitative estimate of drug-likeness (QED) is 0.617. The summed E-state index contributed by atoms with van der Waals surface area (Å²) in [6, 6.07) is 5.72. The number of hydrogen-bond donors (Lipinski definition) is 2. The molecule has 3 heteroatoms. The highest BCUT2D eigenvalue weighted by Crippen LogP contribution is 1.90. The van der Waals surface area contributed by atoms with Crippen LogP contribution in [-0.4, -0.2) is 18.1 Å². The Kier molecular flexibility index (Phi) is 7.54. The van der Waals surface area contributed by atoms with E-state index in [1.807, 2.05) is 18.2 Å². The molecule has 1 fully saturated rings. The molecule has 1 saturated heterocycles. The molecule has 0 aliphatic carbocycles. The Bertz CT molecular complexity index is 126. The van der Waals surface area contributed by atoms with Crippen LogP contribution >= 0.6 is 0 Å². The first-order valence-corrected chi connectivity index (χ1v) is 4.06. The van der Waals surface area contributed by atoms with Crippen molar-refractivity contribution in [3.8, 4) is 0 Å². The number of nitrogens with one attached hydrogen (secondary N) is 1. The van der Waals surface area contributed by atoms with Gasteiger partial charge in [-0.25, -0.2) is 0 Å². The zero-order chi connectivity index (χ0) is 7.78. The monoisotopic (exact) mass is 167 g/mol. The maximum atomic E-state index is 3.78. The standard InChI is InChI=1S/C5H5N.C4H9N.H3N/c1-2-4-6-5-3-1;1-2-4-5-3-1;/h1-5H;5H,1-4H2;1H3. The third kappa shape index (κ3) is 5.82. The molecule has 0 unspecified atom stereocenters. The molecule has 0 spiro atoms. The van der Waals surface area contributed by atoms with Crippen molar-refractivity contribution in [1.29, 1.82) is 0 Å². The van der Waals surface area contributed by atoms with E-state index in [0.29, 0.717) is 0 Å². The van der Waals surface area contributed by atoms with E-state index in [4.69, 9.17) is 0 Å². The highest BCUT2D eigenvalue weighted by Gasteiger charge is 1.93. The zero-order valence-electron chi connectivity index (χ0n) is 7.37. The van der Waals surface area contributed by atoms with Crippen molar-refractivity contribution < 1.29 is 0 Å². The van der Waals surface area contributed by atoms with E-state index in [1.54, 1.807) is 12.4 Å². The van der Waals surface area contributed by atoms with Crippen LogP contribution in [0.4, 0.5) is 0 Å². The van der Waals surface area contributed by atoms with Crippen molar-refractivity contribution in [3.05, 3.63) is 30.6 Å². The van der Waals surface area contributed by atoms with Crippen molar-refractivity contribution in [2.75, 3.05) is 13.1 Å². The molecule has 4 N–H and O–H groups in total. The van der Waals surface area contributed by atoms with Gasteiger partial charge in [-0.1, -0.05) is 6.07 Å². The summed E-state index contributed by atoms with van der Waals surface area (Å²) in [5.41, 5.74) is 0. The van der Waals surface area contributed by atoms with Crippen molar-refractivity contribution in [3.63, 3.8) is 0 Å². The predicted octanol–water partition coefficient (Wildman–Crippen LogP) is 1.61. The highest BCUT2D eigenvalue weighted by atomic mass is 14.9. The second-order valence-electron chi connectivity index (χ2n) is 2.48. The van der Waals surface area contributed by atoms with Crippen LogP contribution in [0.15, 0.2) is 30.6 Å². The van der Waals surface area contributed by atoms with Crippen molar-refractivity contribution in [2.24, 2.45) is 0 Å². The van der Waals surface area contributed by atoms with Gasteiger partial charge in [0.05, 0.1) is 0 Å². The Balaban J connectivity index is 0.000000189. The van der Waals surface area contributed by atoms with Crippen molar-refractivity contribution in [1.82, 2.24) is 16.5 Å². The Morgan fingerprint density at radius 2 is 1.50 bits per heavy atom. The first kappa shape index (κ1) is 11.1. The molecular formula is C9H17N3. The summed E-state index contributed by atoms with van der Waals surface area (Å²) in [4.78, 5) is 3.78. The van der Waals surface area contributed by atoms with Gasteiger partial charge in [0.15, 0.2) is 0 Å². The van der Waals surface area contributed by atoms with Crippen LogP contribution in [0.25, 0.3) is 0 Å². The van der Waals surface area contributed by atoms with Crippen molar-refractivity contribution >= 4 is 0 Å². The molecule has 1 aliphatic heterocycles. The Hall–Kier alpha value is -0.930. The molecule has 0 saturated carbocycles. The lowest BCUT2D eigenvalue weighted by molar-refractivity contribution is 0.857. The van der Waals surface area contributed by atoms with Crippen LogP contribution in [0, 0.1) is 0 Å². The predicted molar refractivity (Wildman–Crippen MR) is 51.4 cm³/mol. The minimum atomic E-state index is 0. The Morgan fingerprint density at radius 3 is 1.67 bits per heavy atom. The smallest absolute Gasteiger partial charge is 0.0267 e. The average Bonchev–Trinajstić information content (AvgIpc) is 2.64. The lowest BCUT2D eigenvalue weighted by atomic mass is 10.4. The molecule has 1 aromatic heterocycles. The Labute approximate surface area is 73.8 Å². The summed E-state index contributed by atoms with van der Waals surface area (Å²) in [5.74, 6) is 0. The summed E-state index contributed by atoms with van der Waals surface area (Å²) in [5, 5.41) is 3.22. The van der Waals surface area contributed by atoms with Gasteiger partial charge in [0.1, 0.15) is 0 Å². The maximum absolute atomic E-state index is 3.78. The zero-order valence-corrected chi connectivity index (χ0v) is 7.37. The van der Waals surface area contributed by atoms with Crippen molar-refractivity contribution in [2.45, 2.75) is 12.8 Å². The highest BCUT2D eigenvalue weighted by molar-refractivity contribution is 4.88. The minimum Gasteiger partial charge on any atom is -0.344 e. The van der Waals surface area contributed by atoms with E-state index < -0.39 is 0 Å². The lowest BCUT2D eigenvalue weighted by Crippen LogP contribution is -2.03. The summed E-state index contributed by atoms with van der Waals surface area (Å²) in [6.45, 7) is 2.50. The summed E-state index contributed by atoms with van der Waals surface area (Å²) in [6.07, 6.45) is 6.28. The van der Waals surface area contributed by atoms with Crippen LogP contribution in [0.2, 0.25) is 0 Å². The van der Waals surface area contributed by atoms with Gasteiger partial charge >= 0.3 is 0 Å². The minimum absolute atomic E-state index is 0. The molecule has 0 aromatic carbocycles. The Morgan fingerprint density at radius 1 is 0.917 bits per heavy atom. The SMILES string of the molecule is C1CCNC1.N.c1ccncc1. The fourth-order valence-corrected chi connectivity index (χ4v) is 0.938. The number of aromatic nitrogens is 1. The van der Waals surface area contributed by atoms with E-state index in [9.17, 15) is 0 Å². The van der Waals surface area contributed by atoms with Gasteiger partial charge in [0, 0.05) is 12.4 Å². The first-order valence-electron chi connectivity index (χ1n) is 4.06. The number of rotatable bonds is 0. The normalized spacial score (nSPS) is 14.0. The molecule has 2 heterocycles. The summed E-state index contributed by atoms with van der Waals surface area (Å²) in [7, 11) is 0. The third-order valence-electron chi connectivity index (χ3n) is 1.52. The fourth-order valence-electron chi connectivity index (χ4n) is 0.938. The topological polar surface area (TPSA) is 59.9 Å². The van der Waals surface area contributed by atoms with Gasteiger partial charge in [-0.05, 0) is 38.1 Å². The second-order valence-corrected chi connectivity index (χ2v) is 2.48. The van der Waals surface area contributed by atoms with E-state index >= 15 is 0 Å². The van der Waals surface area contributed by atoms with E-state index in [1.165, 1.54) is 25.9 Å². The largest absolute Gasteiger partial charge is 0.344 e. The van der Waals surface area contributed by atoms with Gasteiger partial charge in [0.25, 0.3) is 0 Å². The molecule has 68 valence electrons. The number of nitrogens with zero attached hydrogens (tertiary/aromatic N) is 1. The summed E-state index contributed by atoms with van der Waals surface area (Å²) < 4.78 is 0. The molecule has 3 nitrogen and oxygen atoms in total. The van der Waals surface area contributed by atoms with Crippen LogP contribution in [-0.2, 0) is 0 Å². The summed E-state index contributed by atoms with van der Waals surface area (Å²) >= 11 is 0. The van der Waals surface area contributed by atoms with E-state index in [-0.39, 0.29) is 6.15 Å². The molecule has 2 rings (SSSR count). The first-order chi connectivity index (χ1) is 5.50. The third-order valence-corrected chi connectivity index (χ3v) is 1.52. The number of hydrogen-bond acceptors (Lipinski definition) is 3. The van der Waals surface area contributed by atoms with Crippen LogP contribution in [0.1, 0.15) is 12.8 Å². The molecule has 0 radical (unpaired) electrons. The molecular weight excluding hydrogens is 150 g/mol. The van der Waals surface area contributed by atoms with Gasteiger partial charge in [-0.15, -0.1) is 0 Å². The fraction of sp³-hybridized carbons (Fsp3) is 0.444. The van der Waals surface area contributed by atoms with Gasteiger partial charge in [-0.3, -0.25) is 4.98 Å². The van der Waals surface area contributed by atoms with Gasteiger partial charge in [0.2, 0.25) is 0 Å². The average molecular weight is 167 g/mol. The molecule has 0 atom stereocenters. The molecule has 1 aliphatic rings. The van der Waals surface area contributed by atoms with Crippen LogP contribution in [0.3, 0.4) is 0 Å². The van der Waals surface area contributed by atoms with E-state index in [2.05, 4.69) is 10.3 Å². The second kappa shape index (κ2) is 8.17. The van der Waals surface area contributed by atoms with Crippen LogP contribution in [0.5, 0.6) is 0 Å². The van der Waals surface area contributed by atoms with E-state index in [0.717, 1.165) is 0 Å². The molecule has 0 bridgehead atoms. The number of pyridine rings is 1. The van der Waals surface area contributed by atoms with Gasteiger partial charge < -0.3 is 11.5 Å². The molecule has 0 amide bonds.